The summed E-state index contributed by atoms with van der Waals surface area (Å²) in [6.07, 6.45) is 2.71. The van der Waals surface area contributed by atoms with Crippen molar-refractivity contribution in [3.63, 3.8) is 0 Å². The Kier molecular flexibility index (Phi) is 4.65. The van der Waals surface area contributed by atoms with Gasteiger partial charge in [0, 0.05) is 17.2 Å². The minimum Gasteiger partial charge on any atom is -0.481 e. The van der Waals surface area contributed by atoms with Crippen LogP contribution in [0.5, 0.6) is 0 Å². The Morgan fingerprint density at radius 1 is 0.875 bits per heavy atom. The van der Waals surface area contributed by atoms with Gasteiger partial charge in [0.1, 0.15) is 0 Å². The topological polar surface area (TPSA) is 80.4 Å². The van der Waals surface area contributed by atoms with Gasteiger partial charge in [-0.1, -0.05) is 42.8 Å². The molecule has 1 aliphatic carbocycles. The molecule has 2 unspecified atom stereocenters. The highest BCUT2D eigenvalue weighted by molar-refractivity contribution is 5.98. The van der Waals surface area contributed by atoms with E-state index in [0.717, 1.165) is 29.7 Å². The molecule has 124 valence electrons. The van der Waals surface area contributed by atoms with Gasteiger partial charge in [-0.05, 0) is 42.5 Å². The van der Waals surface area contributed by atoms with E-state index in [-0.39, 0.29) is 17.6 Å². The van der Waals surface area contributed by atoms with Gasteiger partial charge in [-0.3, -0.25) is 9.59 Å². The number of nitrogens with two attached hydrogens (primary N) is 1. The fourth-order valence-electron chi connectivity index (χ4n) is 3.39. The van der Waals surface area contributed by atoms with Gasteiger partial charge in [-0.25, -0.2) is 0 Å². The zero-order valence-corrected chi connectivity index (χ0v) is 13.4. The number of ketones is 1. The van der Waals surface area contributed by atoms with Crippen LogP contribution in [0.3, 0.4) is 0 Å². The Morgan fingerprint density at radius 3 is 2.00 bits per heavy atom. The minimum atomic E-state index is -0.786. The van der Waals surface area contributed by atoms with Crippen molar-refractivity contribution in [2.45, 2.75) is 25.7 Å². The summed E-state index contributed by atoms with van der Waals surface area (Å²) < 4.78 is 0. The first kappa shape index (κ1) is 16.2. The molecule has 2 aromatic carbocycles. The summed E-state index contributed by atoms with van der Waals surface area (Å²) in [4.78, 5) is 23.8. The van der Waals surface area contributed by atoms with Crippen molar-refractivity contribution in [1.82, 2.24) is 0 Å². The van der Waals surface area contributed by atoms with Gasteiger partial charge >= 0.3 is 5.97 Å². The molecule has 0 aromatic heterocycles. The van der Waals surface area contributed by atoms with E-state index in [1.54, 1.807) is 0 Å². The van der Waals surface area contributed by atoms with E-state index in [9.17, 15) is 14.7 Å². The van der Waals surface area contributed by atoms with Crippen molar-refractivity contribution in [2.75, 3.05) is 5.73 Å². The van der Waals surface area contributed by atoms with Crippen LogP contribution in [0.2, 0.25) is 0 Å². The van der Waals surface area contributed by atoms with Crippen molar-refractivity contribution < 1.29 is 14.7 Å². The zero-order valence-electron chi connectivity index (χ0n) is 13.4. The maximum Gasteiger partial charge on any atom is 0.306 e. The number of Topliss-reactive ketones (excluding diaryl/α,β-unsaturated/α-hetero) is 1. The average molecular weight is 323 g/mol. The first-order chi connectivity index (χ1) is 11.5. The number of carbonyl (C=O) groups is 2. The molecule has 3 N–H and O–H groups in total. The fraction of sp³-hybridized carbons (Fsp3) is 0.300. The highest BCUT2D eigenvalue weighted by Gasteiger charge is 2.31. The Bertz CT molecular complexity index is 734. The Morgan fingerprint density at radius 2 is 1.42 bits per heavy atom. The number of aliphatic carboxylic acids is 1. The van der Waals surface area contributed by atoms with Crippen LogP contribution in [-0.4, -0.2) is 16.9 Å². The van der Waals surface area contributed by atoms with E-state index in [4.69, 9.17) is 5.73 Å². The van der Waals surface area contributed by atoms with E-state index in [0.29, 0.717) is 18.4 Å². The van der Waals surface area contributed by atoms with Crippen LogP contribution < -0.4 is 5.73 Å². The smallest absolute Gasteiger partial charge is 0.306 e. The fourth-order valence-corrected chi connectivity index (χ4v) is 3.39. The van der Waals surface area contributed by atoms with Crippen molar-refractivity contribution in [2.24, 2.45) is 11.8 Å². The van der Waals surface area contributed by atoms with Crippen LogP contribution in [0.25, 0.3) is 11.1 Å². The summed E-state index contributed by atoms with van der Waals surface area (Å²) in [5, 5.41) is 9.17. The number of hydrogen-bond donors (Lipinski definition) is 2. The van der Waals surface area contributed by atoms with Crippen molar-refractivity contribution in [1.29, 1.82) is 0 Å². The summed E-state index contributed by atoms with van der Waals surface area (Å²) in [5.74, 6) is -1.29. The highest BCUT2D eigenvalue weighted by atomic mass is 16.4. The lowest BCUT2D eigenvalue weighted by atomic mass is 9.78. The number of benzene rings is 2. The molecule has 0 spiro atoms. The summed E-state index contributed by atoms with van der Waals surface area (Å²) in [5.41, 5.74) is 9.15. The molecule has 1 aliphatic rings. The lowest BCUT2D eigenvalue weighted by Crippen LogP contribution is -2.27. The molecule has 3 rings (SSSR count). The van der Waals surface area contributed by atoms with Gasteiger partial charge in [0.15, 0.2) is 5.78 Å². The maximum absolute atomic E-state index is 12.7. The lowest BCUT2D eigenvalue weighted by Gasteiger charge is -2.25. The van der Waals surface area contributed by atoms with E-state index >= 15 is 0 Å². The minimum absolute atomic E-state index is 0.0600. The lowest BCUT2D eigenvalue weighted by molar-refractivity contribution is -0.143. The van der Waals surface area contributed by atoms with E-state index < -0.39 is 5.97 Å². The molecule has 4 nitrogen and oxygen atoms in total. The van der Waals surface area contributed by atoms with Gasteiger partial charge < -0.3 is 10.8 Å². The predicted octanol–water partition coefficient (Wildman–Crippen LogP) is 4.01. The normalized spacial score (nSPS) is 20.5. The van der Waals surface area contributed by atoms with Crippen LogP contribution in [0.15, 0.2) is 48.5 Å². The molecule has 1 fully saturated rings. The van der Waals surface area contributed by atoms with Crippen LogP contribution in [0, 0.1) is 11.8 Å². The van der Waals surface area contributed by atoms with Crippen molar-refractivity contribution >= 4 is 17.4 Å². The second-order valence-corrected chi connectivity index (χ2v) is 6.46. The monoisotopic (exact) mass is 323 g/mol. The SMILES string of the molecule is Nc1ccc(-c2ccc(C(=O)C3CCCC(C(=O)O)C3)cc2)cc1. The summed E-state index contributed by atoms with van der Waals surface area (Å²) in [6, 6.07) is 15.1. The second-order valence-electron chi connectivity index (χ2n) is 6.46. The first-order valence-corrected chi connectivity index (χ1v) is 8.27. The molecule has 0 saturated heterocycles. The van der Waals surface area contributed by atoms with Crippen molar-refractivity contribution in [3.05, 3.63) is 54.1 Å². The quantitative estimate of drug-likeness (QED) is 0.658. The van der Waals surface area contributed by atoms with Crippen LogP contribution >= 0.6 is 0 Å². The molecule has 1 saturated carbocycles. The molecule has 0 bridgehead atoms. The first-order valence-electron chi connectivity index (χ1n) is 8.27. The average Bonchev–Trinajstić information content (AvgIpc) is 2.62. The number of carboxylic acid groups (broad SMARTS) is 1. The van der Waals surface area contributed by atoms with Gasteiger partial charge in [-0.15, -0.1) is 0 Å². The Hall–Kier alpha value is -2.62. The number of anilines is 1. The third-order valence-corrected chi connectivity index (χ3v) is 4.81. The van der Waals surface area contributed by atoms with Gasteiger partial charge in [0.05, 0.1) is 5.92 Å². The highest BCUT2D eigenvalue weighted by Crippen LogP contribution is 2.32. The molecule has 24 heavy (non-hydrogen) atoms. The zero-order chi connectivity index (χ0) is 17.1. The predicted molar refractivity (Wildman–Crippen MR) is 93.7 cm³/mol. The number of carboxylic acids is 1. The van der Waals surface area contributed by atoms with Gasteiger partial charge in [-0.2, -0.15) is 0 Å². The molecular weight excluding hydrogens is 302 g/mol. The Labute approximate surface area is 141 Å². The summed E-state index contributed by atoms with van der Waals surface area (Å²) in [7, 11) is 0. The van der Waals surface area contributed by atoms with E-state index in [2.05, 4.69) is 0 Å². The number of rotatable bonds is 4. The van der Waals surface area contributed by atoms with Gasteiger partial charge in [0.25, 0.3) is 0 Å². The third kappa shape index (κ3) is 3.48. The third-order valence-electron chi connectivity index (χ3n) is 4.81. The number of nitrogen functional groups attached to an aromatic ring is 1. The second kappa shape index (κ2) is 6.87. The molecule has 2 aromatic rings. The molecule has 0 aliphatic heterocycles. The number of hydrogen-bond acceptors (Lipinski definition) is 3. The molecule has 2 atom stereocenters. The summed E-state index contributed by atoms with van der Waals surface area (Å²) >= 11 is 0. The van der Waals surface area contributed by atoms with Crippen LogP contribution in [0.4, 0.5) is 5.69 Å². The van der Waals surface area contributed by atoms with E-state index in [1.165, 1.54) is 0 Å². The van der Waals surface area contributed by atoms with Crippen LogP contribution in [0.1, 0.15) is 36.0 Å². The standard InChI is InChI=1S/C20H21NO3/c21-18-10-8-14(9-11-18)13-4-6-15(7-5-13)19(22)16-2-1-3-17(12-16)20(23)24/h4-11,16-17H,1-3,12,21H2,(H,23,24). The molecule has 0 amide bonds. The largest absolute Gasteiger partial charge is 0.481 e. The van der Waals surface area contributed by atoms with Crippen molar-refractivity contribution in [3.8, 4) is 11.1 Å². The molecule has 0 heterocycles. The van der Waals surface area contributed by atoms with Gasteiger partial charge in [0.2, 0.25) is 0 Å². The number of carbonyl (C=O) groups excluding carboxylic acids is 1. The maximum atomic E-state index is 12.7. The molecule has 4 heteroatoms. The van der Waals surface area contributed by atoms with E-state index in [1.807, 2.05) is 48.5 Å². The Balaban J connectivity index is 1.74. The molecular formula is C20H21NO3. The molecule has 0 radical (unpaired) electrons. The van der Waals surface area contributed by atoms with Crippen LogP contribution in [-0.2, 0) is 4.79 Å². The summed E-state index contributed by atoms with van der Waals surface area (Å²) in [6.45, 7) is 0.